The highest BCUT2D eigenvalue weighted by Gasteiger charge is 2.33. The van der Waals surface area contributed by atoms with Crippen LogP contribution in [0.25, 0.3) is 0 Å². The summed E-state index contributed by atoms with van der Waals surface area (Å²) in [6.45, 7) is 3.81. The Balaban J connectivity index is 1.52. The lowest BCUT2D eigenvalue weighted by Crippen LogP contribution is -2.36. The zero-order chi connectivity index (χ0) is 20.0. The first kappa shape index (κ1) is 20.4. The largest absolute Gasteiger partial charge is 0.477 e. The topological polar surface area (TPSA) is 71.4 Å². The number of hydrogen-bond acceptors (Lipinski definition) is 5. The second-order valence-electron chi connectivity index (χ2n) is 6.43. The molecule has 0 aliphatic heterocycles. The van der Waals surface area contributed by atoms with Crippen molar-refractivity contribution in [1.82, 2.24) is 20.6 Å². The third-order valence-corrected chi connectivity index (χ3v) is 4.82. The predicted octanol–water partition coefficient (Wildman–Crippen LogP) is 3.60. The van der Waals surface area contributed by atoms with E-state index in [-0.39, 0.29) is 6.54 Å². The van der Waals surface area contributed by atoms with E-state index in [0.717, 1.165) is 22.3 Å². The second-order valence-corrected chi connectivity index (χ2v) is 7.37. The first-order chi connectivity index (χ1) is 13.4. The fourth-order valence-electron chi connectivity index (χ4n) is 2.27. The van der Waals surface area contributed by atoms with Crippen LogP contribution >= 0.6 is 11.3 Å². The van der Waals surface area contributed by atoms with Crippen molar-refractivity contribution in [2.75, 3.05) is 13.2 Å². The molecule has 1 aliphatic carbocycles. The number of aliphatic imine (C=N–C) groups is 1. The number of nitrogens with one attached hydrogen (secondary N) is 2. The fourth-order valence-corrected chi connectivity index (χ4v) is 3.01. The summed E-state index contributed by atoms with van der Waals surface area (Å²) in [5, 5.41) is 7.41. The van der Waals surface area contributed by atoms with Crippen molar-refractivity contribution in [2.24, 2.45) is 10.9 Å². The summed E-state index contributed by atoms with van der Waals surface area (Å²) in [4.78, 5) is 12.3. The predicted molar refractivity (Wildman–Crippen MR) is 101 cm³/mol. The van der Waals surface area contributed by atoms with Crippen molar-refractivity contribution < 1.29 is 17.9 Å². The zero-order valence-electron chi connectivity index (χ0n) is 15.4. The third-order valence-electron chi connectivity index (χ3n) is 3.97. The minimum absolute atomic E-state index is 0.165. The Morgan fingerprint density at radius 1 is 1.32 bits per heavy atom. The average molecular weight is 413 g/mol. The van der Waals surface area contributed by atoms with Gasteiger partial charge in [0.1, 0.15) is 5.01 Å². The highest BCUT2D eigenvalue weighted by molar-refractivity contribution is 7.09. The number of guanidine groups is 1. The molecule has 152 valence electrons. The number of halogens is 3. The molecule has 0 amide bonds. The number of nitrogens with zero attached hydrogens (tertiary/aromatic N) is 3. The molecule has 0 aromatic carbocycles. The van der Waals surface area contributed by atoms with Crippen LogP contribution in [0.2, 0.25) is 0 Å². The van der Waals surface area contributed by atoms with E-state index in [1.54, 1.807) is 6.20 Å². The molecular weight excluding hydrogens is 391 g/mol. The summed E-state index contributed by atoms with van der Waals surface area (Å²) in [6, 6.07) is 3.72. The number of rotatable bonds is 8. The van der Waals surface area contributed by atoms with Crippen LogP contribution in [0.1, 0.15) is 36.0 Å². The Morgan fingerprint density at radius 3 is 2.75 bits per heavy atom. The number of pyridine rings is 1. The molecule has 2 heterocycles. The minimum Gasteiger partial charge on any atom is -0.477 e. The lowest BCUT2D eigenvalue weighted by atomic mass is 10.3. The number of ether oxygens (including phenoxy) is 1. The lowest BCUT2D eigenvalue weighted by molar-refractivity contribution is -0.140. The third kappa shape index (κ3) is 6.36. The van der Waals surface area contributed by atoms with E-state index in [1.165, 1.54) is 12.8 Å². The zero-order valence-corrected chi connectivity index (χ0v) is 16.2. The van der Waals surface area contributed by atoms with Crippen molar-refractivity contribution in [3.63, 3.8) is 0 Å². The maximum atomic E-state index is 12.6. The van der Waals surface area contributed by atoms with Gasteiger partial charge in [-0.25, -0.2) is 15.0 Å². The number of hydrogen-bond donors (Lipinski definition) is 2. The Hall–Kier alpha value is -2.36. The van der Waals surface area contributed by atoms with E-state index in [1.807, 2.05) is 19.1 Å². The van der Waals surface area contributed by atoms with E-state index < -0.39 is 11.9 Å². The Labute approximate surface area is 165 Å². The van der Waals surface area contributed by atoms with Crippen molar-refractivity contribution in [2.45, 2.75) is 39.0 Å². The summed E-state index contributed by atoms with van der Waals surface area (Å²) in [7, 11) is 0. The van der Waals surface area contributed by atoms with Gasteiger partial charge in [-0.2, -0.15) is 13.2 Å². The van der Waals surface area contributed by atoms with Crippen molar-refractivity contribution >= 4 is 17.3 Å². The van der Waals surface area contributed by atoms with E-state index in [2.05, 4.69) is 25.6 Å². The van der Waals surface area contributed by atoms with Crippen LogP contribution in [0.15, 0.2) is 28.7 Å². The molecule has 10 heteroatoms. The molecular formula is C18H22F3N5OS. The van der Waals surface area contributed by atoms with Crippen LogP contribution in [-0.2, 0) is 19.3 Å². The highest BCUT2D eigenvalue weighted by atomic mass is 32.1. The van der Waals surface area contributed by atoms with Gasteiger partial charge in [-0.1, -0.05) is 6.07 Å². The van der Waals surface area contributed by atoms with E-state index in [9.17, 15) is 13.2 Å². The number of alkyl halides is 3. The van der Waals surface area contributed by atoms with Gasteiger partial charge in [0.2, 0.25) is 5.88 Å². The van der Waals surface area contributed by atoms with Crippen LogP contribution in [0.4, 0.5) is 13.2 Å². The van der Waals surface area contributed by atoms with Crippen molar-refractivity contribution in [1.29, 1.82) is 0 Å². The standard InChI is InChI=1S/C18H22F3N5OS/c1-2-22-17(25-9-16-26-14(11-28-16)18(19,20)21)24-8-13-5-6-15(23-7-13)27-10-12-3-4-12/h5-7,11-12H,2-4,8-10H2,1H3,(H2,22,24,25). The fraction of sp³-hybridized carbons (Fsp3) is 0.500. The van der Waals surface area contributed by atoms with Crippen molar-refractivity contribution in [3.05, 3.63) is 40.0 Å². The van der Waals surface area contributed by atoms with Crippen molar-refractivity contribution in [3.8, 4) is 5.88 Å². The molecule has 0 saturated heterocycles. The molecule has 3 rings (SSSR count). The summed E-state index contributed by atoms with van der Waals surface area (Å²) in [5.41, 5.74) is 0.0379. The molecule has 0 spiro atoms. The van der Waals surface area contributed by atoms with Gasteiger partial charge >= 0.3 is 6.18 Å². The first-order valence-electron chi connectivity index (χ1n) is 9.05. The molecule has 1 aliphatic rings. The monoisotopic (exact) mass is 413 g/mol. The molecule has 1 fully saturated rings. The van der Waals surface area contributed by atoms with Crippen LogP contribution in [0, 0.1) is 5.92 Å². The van der Waals surface area contributed by atoms with E-state index in [0.29, 0.717) is 42.5 Å². The first-order valence-corrected chi connectivity index (χ1v) is 9.93. The van der Waals surface area contributed by atoms with E-state index >= 15 is 0 Å². The lowest BCUT2D eigenvalue weighted by Gasteiger charge is -2.10. The Bertz CT molecular complexity index is 787. The smallest absolute Gasteiger partial charge is 0.434 e. The van der Waals surface area contributed by atoms with Crippen LogP contribution in [0.5, 0.6) is 5.88 Å². The van der Waals surface area contributed by atoms with Crippen LogP contribution in [0.3, 0.4) is 0 Å². The molecule has 0 bridgehead atoms. The molecule has 0 radical (unpaired) electrons. The van der Waals surface area contributed by atoms with Gasteiger partial charge in [-0.05, 0) is 31.2 Å². The Morgan fingerprint density at radius 2 is 2.14 bits per heavy atom. The molecule has 0 unspecified atom stereocenters. The minimum atomic E-state index is -4.42. The SMILES string of the molecule is CCNC(=NCc1ccc(OCC2CC2)nc1)NCc1nc(C(F)(F)F)cs1. The maximum Gasteiger partial charge on any atom is 0.434 e. The highest BCUT2D eigenvalue weighted by Crippen LogP contribution is 2.30. The van der Waals surface area contributed by atoms with Gasteiger partial charge in [0, 0.05) is 24.2 Å². The Kier molecular flexibility index (Phi) is 6.71. The van der Waals surface area contributed by atoms with Crippen LogP contribution in [-0.4, -0.2) is 29.1 Å². The van der Waals surface area contributed by atoms with Gasteiger partial charge < -0.3 is 15.4 Å². The molecule has 2 N–H and O–H groups in total. The van der Waals surface area contributed by atoms with E-state index in [4.69, 9.17) is 4.74 Å². The van der Waals surface area contributed by atoms with Gasteiger partial charge in [-0.3, -0.25) is 0 Å². The van der Waals surface area contributed by atoms with Gasteiger partial charge in [0.15, 0.2) is 11.7 Å². The quantitative estimate of drug-likeness (QED) is 0.511. The van der Waals surface area contributed by atoms with Gasteiger partial charge in [0.05, 0.1) is 19.7 Å². The molecule has 0 atom stereocenters. The molecule has 6 nitrogen and oxygen atoms in total. The number of thiazole rings is 1. The second kappa shape index (κ2) is 9.22. The average Bonchev–Trinajstić information content (AvgIpc) is 3.37. The summed E-state index contributed by atoms with van der Waals surface area (Å²) >= 11 is 0.963. The molecule has 1 saturated carbocycles. The summed E-state index contributed by atoms with van der Waals surface area (Å²) in [5.74, 6) is 1.78. The summed E-state index contributed by atoms with van der Waals surface area (Å²) in [6.07, 6.45) is -0.252. The normalized spacial score (nSPS) is 14.8. The van der Waals surface area contributed by atoms with Crippen LogP contribution < -0.4 is 15.4 Å². The number of aromatic nitrogens is 2. The van der Waals surface area contributed by atoms with Gasteiger partial charge in [0.25, 0.3) is 0 Å². The summed E-state index contributed by atoms with van der Waals surface area (Å²) < 4.78 is 43.5. The molecule has 2 aromatic rings. The molecule has 28 heavy (non-hydrogen) atoms. The van der Waals surface area contributed by atoms with Gasteiger partial charge in [-0.15, -0.1) is 11.3 Å². The maximum absolute atomic E-state index is 12.6. The molecule has 2 aromatic heterocycles.